The number of rotatable bonds is 8. The summed E-state index contributed by atoms with van der Waals surface area (Å²) in [5.74, 6) is 0.468. The summed E-state index contributed by atoms with van der Waals surface area (Å²) in [6.07, 6.45) is 1.88. The molecular formula is C33H28N2O3. The van der Waals surface area contributed by atoms with Gasteiger partial charge in [-0.2, -0.15) is 0 Å². The zero-order chi connectivity index (χ0) is 26.3. The van der Waals surface area contributed by atoms with Crippen LogP contribution in [0.3, 0.4) is 0 Å². The van der Waals surface area contributed by atoms with Crippen molar-refractivity contribution in [2.75, 3.05) is 13.7 Å². The van der Waals surface area contributed by atoms with Crippen LogP contribution in [0.1, 0.15) is 22.8 Å². The van der Waals surface area contributed by atoms with Crippen molar-refractivity contribution in [3.05, 3.63) is 126 Å². The van der Waals surface area contributed by atoms with Gasteiger partial charge < -0.3 is 14.0 Å². The maximum absolute atomic E-state index is 11.8. The standard InChI is InChI=1S/C33H28N2O3/c1-3-38-30-20-18-29(19-21-30)35-31(24-10-6-4-7-11-24)22-27(32(35)25-12-8-5-9-13-25)23-34-28-16-14-26(15-17-28)33(36)37-2/h4-23H,3H2,1-2H3. The molecule has 5 heteroatoms. The van der Waals surface area contributed by atoms with Crippen molar-refractivity contribution in [1.29, 1.82) is 0 Å². The van der Waals surface area contributed by atoms with E-state index in [9.17, 15) is 4.79 Å². The summed E-state index contributed by atoms with van der Waals surface area (Å²) in [6, 6.07) is 38.0. The zero-order valence-corrected chi connectivity index (χ0v) is 21.4. The molecule has 0 radical (unpaired) electrons. The molecule has 1 aromatic heterocycles. The van der Waals surface area contributed by atoms with Gasteiger partial charge in [-0.1, -0.05) is 60.7 Å². The molecule has 0 fully saturated rings. The number of ether oxygens (including phenoxy) is 2. The minimum absolute atomic E-state index is 0.369. The summed E-state index contributed by atoms with van der Waals surface area (Å²) in [4.78, 5) is 16.6. The second-order valence-corrected chi connectivity index (χ2v) is 8.62. The normalized spacial score (nSPS) is 11.0. The maximum Gasteiger partial charge on any atom is 0.337 e. The highest BCUT2D eigenvalue weighted by atomic mass is 16.5. The number of nitrogens with zero attached hydrogens (tertiary/aromatic N) is 2. The number of hydrogen-bond donors (Lipinski definition) is 0. The Morgan fingerprint density at radius 1 is 0.816 bits per heavy atom. The van der Waals surface area contributed by atoms with Crippen LogP contribution in [0.15, 0.2) is 120 Å². The molecule has 5 aromatic rings. The third-order valence-electron chi connectivity index (χ3n) is 6.19. The molecule has 5 nitrogen and oxygen atoms in total. The van der Waals surface area contributed by atoms with E-state index in [4.69, 9.17) is 14.5 Å². The number of hydrogen-bond acceptors (Lipinski definition) is 4. The number of esters is 1. The molecule has 0 atom stereocenters. The van der Waals surface area contributed by atoms with Gasteiger partial charge in [0.05, 0.1) is 36.4 Å². The lowest BCUT2D eigenvalue weighted by Crippen LogP contribution is -2.01. The van der Waals surface area contributed by atoms with E-state index in [-0.39, 0.29) is 5.97 Å². The first-order chi connectivity index (χ1) is 18.7. The van der Waals surface area contributed by atoms with Crippen LogP contribution in [0.2, 0.25) is 0 Å². The smallest absolute Gasteiger partial charge is 0.337 e. The van der Waals surface area contributed by atoms with E-state index >= 15 is 0 Å². The lowest BCUT2D eigenvalue weighted by Gasteiger charge is -2.15. The topological polar surface area (TPSA) is 52.8 Å². The Hall–Kier alpha value is -4.90. The van der Waals surface area contributed by atoms with Gasteiger partial charge in [-0.15, -0.1) is 0 Å². The highest BCUT2D eigenvalue weighted by molar-refractivity contribution is 5.95. The van der Waals surface area contributed by atoms with Gasteiger partial charge in [-0.05, 0) is 72.6 Å². The molecule has 0 N–H and O–H groups in total. The maximum atomic E-state index is 11.8. The Labute approximate surface area is 222 Å². The first-order valence-electron chi connectivity index (χ1n) is 12.5. The second-order valence-electron chi connectivity index (χ2n) is 8.62. The van der Waals surface area contributed by atoms with Gasteiger partial charge in [-0.25, -0.2) is 4.79 Å². The molecule has 0 saturated heterocycles. The fourth-order valence-corrected chi connectivity index (χ4v) is 4.41. The van der Waals surface area contributed by atoms with Crippen molar-refractivity contribution in [2.45, 2.75) is 6.92 Å². The second kappa shape index (κ2) is 11.4. The van der Waals surface area contributed by atoms with Crippen molar-refractivity contribution < 1.29 is 14.3 Å². The van der Waals surface area contributed by atoms with Crippen LogP contribution >= 0.6 is 0 Å². The quantitative estimate of drug-likeness (QED) is 0.162. The molecule has 0 saturated carbocycles. The van der Waals surface area contributed by atoms with Gasteiger partial charge in [0.15, 0.2) is 0 Å². The van der Waals surface area contributed by atoms with E-state index in [2.05, 4.69) is 47.0 Å². The van der Waals surface area contributed by atoms with Crippen molar-refractivity contribution >= 4 is 17.9 Å². The fraction of sp³-hybridized carbons (Fsp3) is 0.0909. The predicted octanol–water partition coefficient (Wildman–Crippen LogP) is 7.75. The summed E-state index contributed by atoms with van der Waals surface area (Å²) >= 11 is 0. The van der Waals surface area contributed by atoms with E-state index < -0.39 is 0 Å². The number of aromatic nitrogens is 1. The van der Waals surface area contributed by atoms with Gasteiger partial charge in [-0.3, -0.25) is 4.99 Å². The first kappa shape index (κ1) is 24.8. The predicted molar refractivity (Wildman–Crippen MR) is 153 cm³/mol. The first-order valence-corrected chi connectivity index (χ1v) is 12.5. The van der Waals surface area contributed by atoms with E-state index in [0.29, 0.717) is 12.2 Å². The summed E-state index contributed by atoms with van der Waals surface area (Å²) in [5.41, 5.74) is 7.48. The third-order valence-corrected chi connectivity index (χ3v) is 6.19. The SMILES string of the molecule is CCOc1ccc(-n2c(-c3ccccc3)cc(C=Nc3ccc(C(=O)OC)cc3)c2-c2ccccc2)cc1. The van der Waals surface area contributed by atoms with Crippen LogP contribution in [-0.2, 0) is 4.74 Å². The molecule has 0 aliphatic rings. The Morgan fingerprint density at radius 2 is 1.45 bits per heavy atom. The summed E-state index contributed by atoms with van der Waals surface area (Å²) in [7, 11) is 1.37. The Balaban J connectivity index is 1.67. The van der Waals surface area contributed by atoms with Crippen LogP contribution in [0, 0.1) is 0 Å². The molecule has 0 spiro atoms. The molecule has 188 valence electrons. The van der Waals surface area contributed by atoms with E-state index in [1.54, 1.807) is 12.1 Å². The number of methoxy groups -OCH3 is 1. The highest BCUT2D eigenvalue weighted by Gasteiger charge is 2.18. The van der Waals surface area contributed by atoms with Crippen molar-refractivity contribution in [3.63, 3.8) is 0 Å². The lowest BCUT2D eigenvalue weighted by atomic mass is 10.1. The number of carbonyl (C=O) groups excluding carboxylic acids is 1. The number of benzene rings is 4. The number of carbonyl (C=O) groups is 1. The molecule has 0 amide bonds. The van der Waals surface area contributed by atoms with Gasteiger partial charge in [0, 0.05) is 17.5 Å². The Morgan fingerprint density at radius 3 is 2.05 bits per heavy atom. The highest BCUT2D eigenvalue weighted by Crippen LogP contribution is 2.36. The average Bonchev–Trinajstić information content (AvgIpc) is 3.37. The molecule has 0 aliphatic heterocycles. The molecule has 4 aromatic carbocycles. The van der Waals surface area contributed by atoms with Crippen LogP contribution in [-0.4, -0.2) is 30.5 Å². The Kier molecular flexibility index (Phi) is 7.46. The van der Waals surface area contributed by atoms with Crippen molar-refractivity contribution in [1.82, 2.24) is 4.57 Å². The average molecular weight is 501 g/mol. The van der Waals surface area contributed by atoms with Gasteiger partial charge in [0.25, 0.3) is 0 Å². The largest absolute Gasteiger partial charge is 0.494 e. The molecule has 0 unspecified atom stereocenters. The minimum Gasteiger partial charge on any atom is -0.494 e. The van der Waals surface area contributed by atoms with Crippen LogP contribution < -0.4 is 4.74 Å². The van der Waals surface area contributed by atoms with Crippen molar-refractivity contribution in [2.24, 2.45) is 4.99 Å². The molecule has 1 heterocycles. The third kappa shape index (κ3) is 5.27. The molecule has 38 heavy (non-hydrogen) atoms. The molecular weight excluding hydrogens is 472 g/mol. The molecule has 0 aliphatic carbocycles. The van der Waals surface area contributed by atoms with Gasteiger partial charge in [0.1, 0.15) is 5.75 Å². The Bertz CT molecular complexity index is 1540. The summed E-state index contributed by atoms with van der Waals surface area (Å²) in [5, 5.41) is 0. The van der Waals surface area contributed by atoms with E-state index in [0.717, 1.165) is 45.2 Å². The summed E-state index contributed by atoms with van der Waals surface area (Å²) in [6.45, 7) is 2.60. The van der Waals surface area contributed by atoms with E-state index in [1.807, 2.05) is 73.8 Å². The van der Waals surface area contributed by atoms with Crippen LogP contribution in [0.5, 0.6) is 5.75 Å². The van der Waals surface area contributed by atoms with Gasteiger partial charge >= 0.3 is 5.97 Å². The minimum atomic E-state index is -0.369. The van der Waals surface area contributed by atoms with Crippen LogP contribution in [0.4, 0.5) is 5.69 Å². The van der Waals surface area contributed by atoms with Gasteiger partial charge in [0.2, 0.25) is 0 Å². The fourth-order valence-electron chi connectivity index (χ4n) is 4.41. The molecule has 0 bridgehead atoms. The lowest BCUT2D eigenvalue weighted by molar-refractivity contribution is 0.0600. The van der Waals surface area contributed by atoms with Crippen molar-refractivity contribution in [3.8, 4) is 34.0 Å². The molecule has 5 rings (SSSR count). The monoisotopic (exact) mass is 500 g/mol. The zero-order valence-electron chi connectivity index (χ0n) is 21.4. The number of aliphatic imine (C=N–C) groups is 1. The van der Waals surface area contributed by atoms with E-state index in [1.165, 1.54) is 7.11 Å². The summed E-state index contributed by atoms with van der Waals surface area (Å²) < 4.78 is 12.8. The van der Waals surface area contributed by atoms with Crippen LogP contribution in [0.25, 0.3) is 28.2 Å².